The van der Waals surface area contributed by atoms with Crippen molar-refractivity contribution in [1.82, 2.24) is 0 Å². The number of rotatable bonds is 5. The Kier molecular flexibility index (Phi) is 4.42. The summed E-state index contributed by atoms with van der Waals surface area (Å²) in [4.78, 5) is 10.9. The molecule has 15 heavy (non-hydrogen) atoms. The second kappa shape index (κ2) is 5.60. The molecule has 0 amide bonds. The van der Waals surface area contributed by atoms with Gasteiger partial charge in [0.1, 0.15) is 5.82 Å². The van der Waals surface area contributed by atoms with Gasteiger partial charge in [-0.2, -0.15) is 0 Å². The Bertz CT molecular complexity index is 357. The molecule has 1 aromatic rings. The Balaban J connectivity index is 2.43. The number of nitrogen functional groups attached to an aromatic ring is 1. The van der Waals surface area contributed by atoms with Crippen molar-refractivity contribution >= 4 is 23.4 Å². The molecule has 3 nitrogen and oxygen atoms in total. The third-order valence-corrected chi connectivity index (χ3v) is 2.93. The SMILES string of the molecule is Nc1ccc(F)cc1SCCCC(=O)O. The van der Waals surface area contributed by atoms with E-state index in [-0.39, 0.29) is 12.2 Å². The molecule has 0 unspecified atom stereocenters. The number of nitrogens with two attached hydrogens (primary N) is 1. The quantitative estimate of drug-likeness (QED) is 0.462. The van der Waals surface area contributed by atoms with E-state index in [0.29, 0.717) is 22.8 Å². The van der Waals surface area contributed by atoms with Crippen LogP contribution in [-0.2, 0) is 4.79 Å². The molecule has 0 atom stereocenters. The first kappa shape index (κ1) is 11.8. The van der Waals surface area contributed by atoms with Gasteiger partial charge in [-0.3, -0.25) is 4.79 Å². The number of aliphatic carboxylic acids is 1. The number of anilines is 1. The monoisotopic (exact) mass is 229 g/mol. The summed E-state index contributed by atoms with van der Waals surface area (Å²) in [5.41, 5.74) is 6.15. The van der Waals surface area contributed by atoms with Crippen molar-refractivity contribution < 1.29 is 14.3 Å². The van der Waals surface area contributed by atoms with Crippen molar-refractivity contribution in [3.05, 3.63) is 24.0 Å². The topological polar surface area (TPSA) is 63.3 Å². The molecular formula is C10H12FNO2S. The summed E-state index contributed by atoms with van der Waals surface area (Å²) in [6.45, 7) is 0. The molecule has 0 fully saturated rings. The lowest BCUT2D eigenvalue weighted by Crippen LogP contribution is -1.95. The summed E-state index contributed by atoms with van der Waals surface area (Å²) in [5.74, 6) is -0.521. The van der Waals surface area contributed by atoms with Gasteiger partial charge < -0.3 is 10.8 Å². The molecular weight excluding hydrogens is 217 g/mol. The number of carboxylic acid groups (broad SMARTS) is 1. The number of hydrogen-bond donors (Lipinski definition) is 2. The van der Waals surface area contributed by atoms with Crippen LogP contribution in [-0.4, -0.2) is 16.8 Å². The Morgan fingerprint density at radius 2 is 2.27 bits per heavy atom. The normalized spacial score (nSPS) is 10.2. The zero-order valence-corrected chi connectivity index (χ0v) is 8.89. The van der Waals surface area contributed by atoms with Crippen molar-refractivity contribution in [2.75, 3.05) is 11.5 Å². The number of carboxylic acids is 1. The Morgan fingerprint density at radius 3 is 2.93 bits per heavy atom. The van der Waals surface area contributed by atoms with Gasteiger partial charge in [0.05, 0.1) is 0 Å². The minimum atomic E-state index is -0.817. The molecule has 0 bridgehead atoms. The van der Waals surface area contributed by atoms with Gasteiger partial charge in [-0.05, 0) is 30.4 Å². The second-order valence-electron chi connectivity index (χ2n) is 3.03. The fourth-order valence-corrected chi connectivity index (χ4v) is 1.98. The zero-order chi connectivity index (χ0) is 11.3. The molecule has 0 aliphatic carbocycles. The average molecular weight is 229 g/mol. The molecule has 0 saturated carbocycles. The summed E-state index contributed by atoms with van der Waals surface area (Å²) in [6.07, 6.45) is 0.679. The summed E-state index contributed by atoms with van der Waals surface area (Å²) in [5, 5.41) is 8.42. The highest BCUT2D eigenvalue weighted by Gasteiger charge is 2.02. The summed E-state index contributed by atoms with van der Waals surface area (Å²) >= 11 is 1.37. The van der Waals surface area contributed by atoms with Crippen LogP contribution in [0, 0.1) is 5.82 Å². The predicted molar refractivity (Wildman–Crippen MR) is 58.4 cm³/mol. The maximum atomic E-state index is 12.8. The molecule has 82 valence electrons. The number of hydrogen-bond acceptors (Lipinski definition) is 3. The van der Waals surface area contributed by atoms with Gasteiger partial charge in [-0.15, -0.1) is 11.8 Å². The van der Waals surface area contributed by atoms with Crippen LogP contribution in [0.4, 0.5) is 10.1 Å². The van der Waals surface area contributed by atoms with Crippen LogP contribution in [0.25, 0.3) is 0 Å². The molecule has 1 aromatic carbocycles. The van der Waals surface area contributed by atoms with Crippen molar-refractivity contribution in [3.8, 4) is 0 Å². The maximum absolute atomic E-state index is 12.8. The first-order valence-corrected chi connectivity index (χ1v) is 5.48. The van der Waals surface area contributed by atoms with E-state index in [9.17, 15) is 9.18 Å². The molecule has 0 aliphatic heterocycles. The van der Waals surface area contributed by atoms with Gasteiger partial charge >= 0.3 is 5.97 Å². The highest BCUT2D eigenvalue weighted by molar-refractivity contribution is 7.99. The number of carbonyl (C=O) groups is 1. The number of halogens is 1. The van der Waals surface area contributed by atoms with Crippen LogP contribution in [0.1, 0.15) is 12.8 Å². The number of benzene rings is 1. The largest absolute Gasteiger partial charge is 0.481 e. The molecule has 0 radical (unpaired) electrons. The molecule has 0 aliphatic rings. The summed E-state index contributed by atoms with van der Waals surface area (Å²) in [6, 6.07) is 4.17. The fraction of sp³-hybridized carbons (Fsp3) is 0.300. The van der Waals surface area contributed by atoms with Crippen LogP contribution in [0.2, 0.25) is 0 Å². The van der Waals surface area contributed by atoms with Crippen LogP contribution < -0.4 is 5.73 Å². The van der Waals surface area contributed by atoms with Gasteiger partial charge in [0.2, 0.25) is 0 Å². The Labute approximate surface area is 91.5 Å². The lowest BCUT2D eigenvalue weighted by molar-refractivity contribution is -0.137. The van der Waals surface area contributed by atoms with Crippen LogP contribution in [0.3, 0.4) is 0 Å². The van der Waals surface area contributed by atoms with E-state index in [4.69, 9.17) is 10.8 Å². The molecule has 0 saturated heterocycles. The molecule has 0 spiro atoms. The third kappa shape index (κ3) is 4.20. The fourth-order valence-electron chi connectivity index (χ4n) is 1.04. The first-order valence-electron chi connectivity index (χ1n) is 4.49. The maximum Gasteiger partial charge on any atom is 0.303 e. The van der Waals surface area contributed by atoms with E-state index in [2.05, 4.69) is 0 Å². The van der Waals surface area contributed by atoms with Gasteiger partial charge in [0.15, 0.2) is 0 Å². The van der Waals surface area contributed by atoms with Gasteiger partial charge in [-0.25, -0.2) is 4.39 Å². The van der Waals surface area contributed by atoms with Crippen LogP contribution in [0.5, 0.6) is 0 Å². The minimum Gasteiger partial charge on any atom is -0.481 e. The lowest BCUT2D eigenvalue weighted by atomic mass is 10.3. The third-order valence-electron chi connectivity index (χ3n) is 1.77. The molecule has 3 N–H and O–H groups in total. The van der Waals surface area contributed by atoms with Gasteiger partial charge in [-0.1, -0.05) is 0 Å². The molecule has 0 aromatic heterocycles. The standard InChI is InChI=1S/C10H12FNO2S/c11-7-3-4-8(12)9(6-7)15-5-1-2-10(13)14/h3-4,6H,1-2,5,12H2,(H,13,14). The summed E-state index contributed by atoms with van der Waals surface area (Å²) in [7, 11) is 0. The van der Waals surface area contributed by atoms with Crippen molar-refractivity contribution in [1.29, 1.82) is 0 Å². The Morgan fingerprint density at radius 1 is 1.53 bits per heavy atom. The van der Waals surface area contributed by atoms with Gasteiger partial charge in [0.25, 0.3) is 0 Å². The zero-order valence-electron chi connectivity index (χ0n) is 8.07. The van der Waals surface area contributed by atoms with Crippen LogP contribution >= 0.6 is 11.8 Å². The smallest absolute Gasteiger partial charge is 0.303 e. The van der Waals surface area contributed by atoms with Crippen molar-refractivity contribution in [2.45, 2.75) is 17.7 Å². The van der Waals surface area contributed by atoms with Crippen LogP contribution in [0.15, 0.2) is 23.1 Å². The number of thioether (sulfide) groups is 1. The molecule has 5 heteroatoms. The van der Waals surface area contributed by atoms with E-state index in [1.54, 1.807) is 0 Å². The van der Waals surface area contributed by atoms with E-state index < -0.39 is 5.97 Å². The van der Waals surface area contributed by atoms with E-state index in [1.807, 2.05) is 0 Å². The highest BCUT2D eigenvalue weighted by Crippen LogP contribution is 2.26. The van der Waals surface area contributed by atoms with Crippen molar-refractivity contribution in [2.24, 2.45) is 0 Å². The molecule has 0 heterocycles. The van der Waals surface area contributed by atoms with E-state index >= 15 is 0 Å². The first-order chi connectivity index (χ1) is 7.09. The predicted octanol–water partition coefficient (Wildman–Crippen LogP) is 2.36. The van der Waals surface area contributed by atoms with E-state index in [0.717, 1.165) is 0 Å². The second-order valence-corrected chi connectivity index (χ2v) is 4.16. The Hall–Kier alpha value is -1.23. The lowest BCUT2D eigenvalue weighted by Gasteiger charge is -2.04. The highest BCUT2D eigenvalue weighted by atomic mass is 32.2. The minimum absolute atomic E-state index is 0.127. The average Bonchev–Trinajstić information content (AvgIpc) is 2.17. The summed E-state index contributed by atoms with van der Waals surface area (Å²) < 4.78 is 12.8. The molecule has 1 rings (SSSR count). The van der Waals surface area contributed by atoms with E-state index in [1.165, 1.54) is 30.0 Å². The van der Waals surface area contributed by atoms with Crippen molar-refractivity contribution in [3.63, 3.8) is 0 Å². The van der Waals surface area contributed by atoms with Gasteiger partial charge in [0, 0.05) is 17.0 Å².